The maximum absolute atomic E-state index is 11.8. The first-order valence-corrected chi connectivity index (χ1v) is 5.79. The summed E-state index contributed by atoms with van der Waals surface area (Å²) >= 11 is 0. The number of anilines is 1. The molecule has 4 heteroatoms. The Morgan fingerprint density at radius 2 is 2.18 bits per heavy atom. The molecule has 0 saturated carbocycles. The lowest BCUT2D eigenvalue weighted by Crippen LogP contribution is -2.52. The van der Waals surface area contributed by atoms with E-state index < -0.39 is 5.60 Å². The second-order valence-electron chi connectivity index (χ2n) is 4.58. The third-order valence-electron chi connectivity index (χ3n) is 3.50. The summed E-state index contributed by atoms with van der Waals surface area (Å²) in [5.74, 6) is -0.0170. The molecule has 1 aromatic rings. The topological polar surface area (TPSA) is 38.8 Å². The van der Waals surface area contributed by atoms with Crippen LogP contribution in [0.25, 0.3) is 0 Å². The number of rotatable bonds is 0. The first-order chi connectivity index (χ1) is 8.14. The Morgan fingerprint density at radius 1 is 1.41 bits per heavy atom. The van der Waals surface area contributed by atoms with Gasteiger partial charge in [0.2, 0.25) is 5.91 Å². The second-order valence-corrected chi connectivity index (χ2v) is 4.58. The molecule has 17 heavy (non-hydrogen) atoms. The van der Waals surface area contributed by atoms with Crippen LogP contribution in [0.4, 0.5) is 5.69 Å². The zero-order chi connectivity index (χ0) is 12.0. The van der Waals surface area contributed by atoms with Crippen molar-refractivity contribution < 1.29 is 14.3 Å². The van der Waals surface area contributed by atoms with Gasteiger partial charge in [-0.1, -0.05) is 18.2 Å². The Bertz CT molecular complexity index is 473. The highest BCUT2D eigenvalue weighted by Gasteiger charge is 2.52. The van der Waals surface area contributed by atoms with E-state index in [9.17, 15) is 4.79 Å². The van der Waals surface area contributed by atoms with E-state index in [4.69, 9.17) is 9.47 Å². The van der Waals surface area contributed by atoms with Crippen molar-refractivity contribution in [3.05, 3.63) is 29.8 Å². The van der Waals surface area contributed by atoms with Crippen LogP contribution < -0.4 is 4.90 Å². The molecule has 0 bridgehead atoms. The molecule has 2 aliphatic rings. The molecule has 0 aliphatic carbocycles. The Labute approximate surface area is 100 Å². The summed E-state index contributed by atoms with van der Waals surface area (Å²) in [7, 11) is 0. The highest BCUT2D eigenvalue weighted by atomic mass is 16.6. The maximum atomic E-state index is 11.8. The average molecular weight is 233 g/mol. The SMILES string of the molecule is CC(=O)N1c2ccccc2[C@]2(C)OCCO[C@H]12. The zero-order valence-corrected chi connectivity index (χ0v) is 9.97. The van der Waals surface area contributed by atoms with Gasteiger partial charge in [0.1, 0.15) is 5.60 Å². The van der Waals surface area contributed by atoms with E-state index in [0.717, 1.165) is 11.3 Å². The number of amides is 1. The van der Waals surface area contributed by atoms with E-state index in [-0.39, 0.29) is 12.1 Å². The summed E-state index contributed by atoms with van der Waals surface area (Å²) in [5.41, 5.74) is 1.38. The standard InChI is InChI=1S/C13H15NO3/c1-9(15)14-11-6-4-3-5-10(11)13(2)12(14)16-7-8-17-13/h3-6,12H,7-8H2,1-2H3/t12-,13-/m0/s1. The molecule has 0 aromatic heterocycles. The molecule has 0 N–H and O–H groups in total. The number of nitrogens with zero attached hydrogens (tertiary/aromatic N) is 1. The minimum atomic E-state index is -0.541. The van der Waals surface area contributed by atoms with Crippen LogP contribution in [-0.4, -0.2) is 25.3 Å². The number of carbonyl (C=O) groups is 1. The first kappa shape index (κ1) is 10.7. The molecule has 2 aliphatic heterocycles. The summed E-state index contributed by atoms with van der Waals surface area (Å²) < 4.78 is 11.6. The highest BCUT2D eigenvalue weighted by molar-refractivity contribution is 5.95. The molecular weight excluding hydrogens is 218 g/mol. The molecule has 0 spiro atoms. The van der Waals surface area contributed by atoms with Gasteiger partial charge in [-0.3, -0.25) is 9.69 Å². The van der Waals surface area contributed by atoms with Gasteiger partial charge in [0.25, 0.3) is 0 Å². The fraction of sp³-hybridized carbons (Fsp3) is 0.462. The number of ether oxygens (including phenoxy) is 2. The largest absolute Gasteiger partial charge is 0.363 e. The van der Waals surface area contributed by atoms with Crippen molar-refractivity contribution >= 4 is 11.6 Å². The molecule has 0 unspecified atom stereocenters. The molecule has 1 fully saturated rings. The van der Waals surface area contributed by atoms with Crippen LogP contribution in [0.5, 0.6) is 0 Å². The molecule has 1 amide bonds. The van der Waals surface area contributed by atoms with Crippen molar-refractivity contribution in [2.24, 2.45) is 0 Å². The summed E-state index contributed by atoms with van der Waals surface area (Å²) in [4.78, 5) is 13.5. The van der Waals surface area contributed by atoms with Crippen molar-refractivity contribution in [3.63, 3.8) is 0 Å². The van der Waals surface area contributed by atoms with E-state index in [1.165, 1.54) is 0 Å². The average Bonchev–Trinajstić information content (AvgIpc) is 2.59. The molecule has 4 nitrogen and oxygen atoms in total. The van der Waals surface area contributed by atoms with Crippen LogP contribution in [0.3, 0.4) is 0 Å². The van der Waals surface area contributed by atoms with Gasteiger partial charge in [0.05, 0.1) is 18.9 Å². The molecule has 1 saturated heterocycles. The quantitative estimate of drug-likeness (QED) is 0.683. The summed E-state index contributed by atoms with van der Waals surface area (Å²) in [6.07, 6.45) is -0.342. The number of benzene rings is 1. The predicted octanol–water partition coefficient (Wildman–Crippen LogP) is 1.64. The number of carbonyl (C=O) groups excluding carboxylic acids is 1. The Balaban J connectivity index is 2.18. The van der Waals surface area contributed by atoms with Gasteiger partial charge in [-0.15, -0.1) is 0 Å². The summed E-state index contributed by atoms with van der Waals surface area (Å²) in [6.45, 7) is 4.63. The van der Waals surface area contributed by atoms with Crippen molar-refractivity contribution in [1.29, 1.82) is 0 Å². The van der Waals surface area contributed by atoms with Gasteiger partial charge in [0, 0.05) is 12.5 Å². The Hall–Kier alpha value is -1.39. The van der Waals surface area contributed by atoms with Crippen LogP contribution in [0, 0.1) is 0 Å². The smallest absolute Gasteiger partial charge is 0.226 e. The lowest BCUT2D eigenvalue weighted by atomic mass is 9.96. The molecule has 90 valence electrons. The van der Waals surface area contributed by atoms with Gasteiger partial charge in [-0.25, -0.2) is 0 Å². The van der Waals surface area contributed by atoms with Crippen LogP contribution in [0.2, 0.25) is 0 Å². The van der Waals surface area contributed by atoms with Gasteiger partial charge in [-0.05, 0) is 13.0 Å². The Kier molecular flexibility index (Phi) is 2.24. The van der Waals surface area contributed by atoms with Crippen molar-refractivity contribution in [3.8, 4) is 0 Å². The number of hydrogen-bond acceptors (Lipinski definition) is 3. The fourth-order valence-electron chi connectivity index (χ4n) is 2.74. The number of fused-ring (bicyclic) bond motifs is 3. The number of para-hydroxylation sites is 1. The lowest BCUT2D eigenvalue weighted by molar-refractivity contribution is -0.194. The molecule has 2 atom stereocenters. The zero-order valence-electron chi connectivity index (χ0n) is 9.97. The number of hydrogen-bond donors (Lipinski definition) is 0. The minimum Gasteiger partial charge on any atom is -0.363 e. The van der Waals surface area contributed by atoms with Gasteiger partial charge >= 0.3 is 0 Å². The van der Waals surface area contributed by atoms with Crippen molar-refractivity contribution in [2.75, 3.05) is 18.1 Å². The van der Waals surface area contributed by atoms with Crippen LogP contribution >= 0.6 is 0 Å². The molecule has 2 heterocycles. The molecule has 3 rings (SSSR count). The summed E-state index contributed by atoms with van der Waals surface area (Å²) in [5, 5.41) is 0. The summed E-state index contributed by atoms with van der Waals surface area (Å²) in [6, 6.07) is 7.82. The van der Waals surface area contributed by atoms with E-state index in [0.29, 0.717) is 13.2 Å². The predicted molar refractivity (Wildman–Crippen MR) is 62.6 cm³/mol. The lowest BCUT2D eigenvalue weighted by Gasteiger charge is -2.38. The van der Waals surface area contributed by atoms with E-state index in [2.05, 4.69) is 0 Å². The van der Waals surface area contributed by atoms with E-state index in [1.54, 1.807) is 11.8 Å². The van der Waals surface area contributed by atoms with Crippen LogP contribution in [0.15, 0.2) is 24.3 Å². The Morgan fingerprint density at radius 3 is 2.94 bits per heavy atom. The fourth-order valence-corrected chi connectivity index (χ4v) is 2.74. The highest BCUT2D eigenvalue weighted by Crippen LogP contribution is 2.47. The normalized spacial score (nSPS) is 30.9. The van der Waals surface area contributed by atoms with Crippen molar-refractivity contribution in [1.82, 2.24) is 0 Å². The molecule has 0 radical (unpaired) electrons. The second kappa shape index (κ2) is 3.55. The van der Waals surface area contributed by atoms with Crippen molar-refractivity contribution in [2.45, 2.75) is 25.7 Å². The molecule has 1 aromatic carbocycles. The first-order valence-electron chi connectivity index (χ1n) is 5.79. The van der Waals surface area contributed by atoms with Crippen LogP contribution in [0.1, 0.15) is 19.4 Å². The van der Waals surface area contributed by atoms with Crippen LogP contribution in [-0.2, 0) is 19.9 Å². The van der Waals surface area contributed by atoms with E-state index >= 15 is 0 Å². The van der Waals surface area contributed by atoms with Gasteiger partial charge in [0.15, 0.2) is 6.23 Å². The minimum absolute atomic E-state index is 0.0170. The van der Waals surface area contributed by atoms with Gasteiger partial charge in [-0.2, -0.15) is 0 Å². The monoisotopic (exact) mass is 233 g/mol. The van der Waals surface area contributed by atoms with Gasteiger partial charge < -0.3 is 9.47 Å². The third-order valence-corrected chi connectivity index (χ3v) is 3.50. The van der Waals surface area contributed by atoms with E-state index in [1.807, 2.05) is 31.2 Å². The molecular formula is C13H15NO3. The maximum Gasteiger partial charge on any atom is 0.226 e. The third kappa shape index (κ3) is 1.34.